The molecule has 0 N–H and O–H groups in total. The summed E-state index contributed by atoms with van der Waals surface area (Å²) in [4.78, 5) is 25.6. The van der Waals surface area contributed by atoms with E-state index < -0.39 is 0 Å². The molecular weight excluding hydrogens is 302 g/mol. The Labute approximate surface area is 137 Å². The van der Waals surface area contributed by atoms with Crippen LogP contribution in [0.1, 0.15) is 25.0 Å². The number of rotatable bonds is 1. The number of nitrogens with zero attached hydrogens (tertiary/aromatic N) is 1. The lowest BCUT2D eigenvalue weighted by Gasteiger charge is -2.21. The molecular formula is C20H15NO3. The van der Waals surface area contributed by atoms with E-state index in [1.54, 1.807) is 16.7 Å². The first-order valence-electron chi connectivity index (χ1n) is 8.26. The Morgan fingerprint density at radius 2 is 1.92 bits per heavy atom. The van der Waals surface area contributed by atoms with E-state index in [-0.39, 0.29) is 11.2 Å². The van der Waals surface area contributed by atoms with Gasteiger partial charge in [0.1, 0.15) is 5.58 Å². The molecule has 0 radical (unpaired) electrons. The molecule has 1 aromatic carbocycles. The van der Waals surface area contributed by atoms with Crippen molar-refractivity contribution in [2.75, 3.05) is 0 Å². The predicted octanol–water partition coefficient (Wildman–Crippen LogP) is 2.74. The van der Waals surface area contributed by atoms with E-state index in [1.807, 2.05) is 18.2 Å². The lowest BCUT2D eigenvalue weighted by molar-refractivity contribution is 0.556. The van der Waals surface area contributed by atoms with Crippen molar-refractivity contribution in [3.63, 3.8) is 0 Å². The van der Waals surface area contributed by atoms with E-state index in [0.29, 0.717) is 16.2 Å². The molecule has 0 atom stereocenters. The third-order valence-electron chi connectivity index (χ3n) is 4.92. The second-order valence-corrected chi connectivity index (χ2v) is 6.30. The number of aromatic nitrogens is 1. The SMILES string of the molecule is O=c1oc2cccc3c(=O)n(C4=CCCC=C4)c4c(c1=CCC4)c23. The number of hydrogen-bond acceptors (Lipinski definition) is 3. The molecule has 118 valence electrons. The normalized spacial score (nSPS) is 16.4. The smallest absolute Gasteiger partial charge is 0.343 e. The molecule has 0 bridgehead atoms. The van der Waals surface area contributed by atoms with Gasteiger partial charge in [0.05, 0.1) is 10.6 Å². The molecule has 2 heterocycles. The fourth-order valence-electron chi connectivity index (χ4n) is 3.91. The van der Waals surface area contributed by atoms with Crippen LogP contribution in [-0.4, -0.2) is 4.57 Å². The van der Waals surface area contributed by atoms with E-state index in [1.165, 1.54) is 0 Å². The molecule has 2 aliphatic carbocycles. The molecule has 0 unspecified atom stereocenters. The first-order chi connectivity index (χ1) is 11.8. The summed E-state index contributed by atoms with van der Waals surface area (Å²) in [6.45, 7) is 0. The summed E-state index contributed by atoms with van der Waals surface area (Å²) in [7, 11) is 0. The zero-order chi connectivity index (χ0) is 16.3. The van der Waals surface area contributed by atoms with Crippen molar-refractivity contribution in [1.82, 2.24) is 4.57 Å². The maximum Gasteiger partial charge on any atom is 0.343 e. The van der Waals surface area contributed by atoms with E-state index >= 15 is 0 Å². The highest BCUT2D eigenvalue weighted by Gasteiger charge is 2.22. The Bertz CT molecular complexity index is 1240. The number of allylic oxidation sites excluding steroid dienone is 4. The summed E-state index contributed by atoms with van der Waals surface area (Å²) in [5.74, 6) is 0. The zero-order valence-electron chi connectivity index (χ0n) is 13.0. The minimum atomic E-state index is -0.325. The highest BCUT2D eigenvalue weighted by molar-refractivity contribution is 6.09. The standard InChI is InChI=1S/C20H15NO3/c22-19-13-8-5-11-16-18(13)17-14(20(23)24-16)9-4-10-15(17)21(19)12-6-2-1-3-7-12/h2,5-9,11H,1,3-4,10H2. The van der Waals surface area contributed by atoms with Crippen LogP contribution in [0.3, 0.4) is 0 Å². The second kappa shape index (κ2) is 4.81. The summed E-state index contributed by atoms with van der Waals surface area (Å²) >= 11 is 0. The van der Waals surface area contributed by atoms with Crippen LogP contribution in [0.5, 0.6) is 0 Å². The van der Waals surface area contributed by atoms with Crippen LogP contribution in [-0.2, 0) is 6.42 Å². The quantitative estimate of drug-likeness (QED) is 0.649. The highest BCUT2D eigenvalue weighted by Crippen LogP contribution is 2.28. The van der Waals surface area contributed by atoms with Crippen LogP contribution < -0.4 is 16.4 Å². The summed E-state index contributed by atoms with van der Waals surface area (Å²) in [5.41, 5.74) is 1.96. The molecule has 0 saturated heterocycles. The van der Waals surface area contributed by atoms with Crippen LogP contribution in [0.15, 0.2) is 50.4 Å². The second-order valence-electron chi connectivity index (χ2n) is 6.30. The number of aryl methyl sites for hydroxylation is 1. The third-order valence-corrected chi connectivity index (χ3v) is 4.92. The number of pyridine rings is 1. The Morgan fingerprint density at radius 1 is 1.00 bits per heavy atom. The molecule has 0 spiro atoms. The van der Waals surface area contributed by atoms with Gasteiger partial charge in [-0.2, -0.15) is 0 Å². The van der Waals surface area contributed by atoms with Gasteiger partial charge >= 0.3 is 5.63 Å². The summed E-state index contributed by atoms with van der Waals surface area (Å²) in [6, 6.07) is 5.34. The monoisotopic (exact) mass is 317 g/mol. The van der Waals surface area contributed by atoms with Gasteiger partial charge in [-0.3, -0.25) is 9.36 Å². The summed E-state index contributed by atoms with van der Waals surface area (Å²) < 4.78 is 7.25. The fraction of sp³-hybridized carbons (Fsp3) is 0.200. The average Bonchev–Trinajstić information content (AvgIpc) is 2.62. The number of benzene rings is 1. The van der Waals surface area contributed by atoms with E-state index in [9.17, 15) is 9.59 Å². The van der Waals surface area contributed by atoms with Crippen molar-refractivity contribution >= 4 is 33.5 Å². The van der Waals surface area contributed by atoms with Gasteiger partial charge in [-0.15, -0.1) is 0 Å². The Balaban J connectivity index is 2.10. The van der Waals surface area contributed by atoms with E-state index in [0.717, 1.165) is 47.8 Å². The van der Waals surface area contributed by atoms with Gasteiger partial charge in [-0.25, -0.2) is 4.79 Å². The van der Waals surface area contributed by atoms with Crippen LogP contribution in [0.4, 0.5) is 0 Å². The van der Waals surface area contributed by atoms with E-state index in [4.69, 9.17) is 4.42 Å². The third kappa shape index (κ3) is 1.68. The summed E-state index contributed by atoms with van der Waals surface area (Å²) in [6.07, 6.45) is 11.5. The minimum Gasteiger partial charge on any atom is -0.422 e. The fourth-order valence-corrected chi connectivity index (χ4v) is 3.91. The van der Waals surface area contributed by atoms with Gasteiger partial charge in [-0.05, 0) is 43.9 Å². The Kier molecular flexibility index (Phi) is 2.71. The molecule has 0 aliphatic heterocycles. The molecule has 4 nitrogen and oxygen atoms in total. The Hall–Kier alpha value is -2.88. The molecule has 2 aliphatic rings. The van der Waals surface area contributed by atoms with Gasteiger partial charge in [0.15, 0.2) is 0 Å². The largest absolute Gasteiger partial charge is 0.422 e. The van der Waals surface area contributed by atoms with Crippen LogP contribution in [0.25, 0.3) is 33.5 Å². The molecule has 5 rings (SSSR count). The van der Waals surface area contributed by atoms with Gasteiger partial charge in [0.2, 0.25) is 0 Å². The first-order valence-corrected chi connectivity index (χ1v) is 8.26. The van der Waals surface area contributed by atoms with Crippen molar-refractivity contribution in [3.05, 3.63) is 68.1 Å². The summed E-state index contributed by atoms with van der Waals surface area (Å²) in [5, 5.41) is 2.85. The molecule has 4 heteroatoms. The van der Waals surface area contributed by atoms with Gasteiger partial charge in [0, 0.05) is 22.2 Å². The zero-order valence-corrected chi connectivity index (χ0v) is 13.0. The van der Waals surface area contributed by atoms with Crippen LogP contribution >= 0.6 is 0 Å². The van der Waals surface area contributed by atoms with Crippen molar-refractivity contribution < 1.29 is 4.42 Å². The van der Waals surface area contributed by atoms with Gasteiger partial charge in [0.25, 0.3) is 5.56 Å². The molecule has 0 amide bonds. The lowest BCUT2D eigenvalue weighted by Crippen LogP contribution is -2.33. The molecule has 2 aromatic heterocycles. The first kappa shape index (κ1) is 13.5. The van der Waals surface area contributed by atoms with Crippen molar-refractivity contribution in [2.45, 2.75) is 25.7 Å². The molecule has 3 aromatic rings. The average molecular weight is 317 g/mol. The van der Waals surface area contributed by atoms with Gasteiger partial charge < -0.3 is 4.42 Å². The maximum absolute atomic E-state index is 13.2. The van der Waals surface area contributed by atoms with Crippen LogP contribution in [0.2, 0.25) is 0 Å². The van der Waals surface area contributed by atoms with Crippen LogP contribution in [0, 0.1) is 0 Å². The minimum absolute atomic E-state index is 0.0393. The van der Waals surface area contributed by atoms with Crippen molar-refractivity contribution in [2.24, 2.45) is 0 Å². The Morgan fingerprint density at radius 3 is 2.75 bits per heavy atom. The van der Waals surface area contributed by atoms with E-state index in [2.05, 4.69) is 12.2 Å². The number of hydrogen-bond donors (Lipinski definition) is 0. The van der Waals surface area contributed by atoms with Crippen molar-refractivity contribution in [1.29, 1.82) is 0 Å². The van der Waals surface area contributed by atoms with Gasteiger partial charge in [-0.1, -0.05) is 24.3 Å². The highest BCUT2D eigenvalue weighted by atomic mass is 16.4. The molecule has 0 saturated carbocycles. The van der Waals surface area contributed by atoms with Crippen molar-refractivity contribution in [3.8, 4) is 0 Å². The molecule has 0 fully saturated rings. The maximum atomic E-state index is 13.2. The predicted molar refractivity (Wildman–Crippen MR) is 94.9 cm³/mol. The lowest BCUT2D eigenvalue weighted by atomic mass is 9.96. The molecule has 24 heavy (non-hydrogen) atoms. The topological polar surface area (TPSA) is 52.2 Å².